The first-order valence-electron chi connectivity index (χ1n) is 5.97. The highest BCUT2D eigenvalue weighted by molar-refractivity contribution is 5.85. The SMILES string of the molecule is Cc1cc2c(cc1F)nc(N)n2C(C)C(=O)N(C)C. The molecule has 2 rings (SSSR count). The van der Waals surface area contributed by atoms with Crippen molar-refractivity contribution in [2.24, 2.45) is 0 Å². The van der Waals surface area contributed by atoms with Gasteiger partial charge in [0.1, 0.15) is 11.9 Å². The summed E-state index contributed by atoms with van der Waals surface area (Å²) in [5.74, 6) is -0.209. The first-order valence-corrected chi connectivity index (χ1v) is 5.97. The Morgan fingerprint density at radius 2 is 2.11 bits per heavy atom. The zero-order chi connectivity index (χ0) is 14.3. The van der Waals surface area contributed by atoms with Crippen LogP contribution in [0.5, 0.6) is 0 Å². The maximum Gasteiger partial charge on any atom is 0.244 e. The van der Waals surface area contributed by atoms with Crippen LogP contribution in [0.15, 0.2) is 12.1 Å². The molecule has 2 N–H and O–H groups in total. The molecule has 0 aliphatic rings. The van der Waals surface area contributed by atoms with Crippen molar-refractivity contribution in [3.8, 4) is 0 Å². The average molecular weight is 264 g/mol. The molecule has 0 spiro atoms. The van der Waals surface area contributed by atoms with Gasteiger partial charge in [-0.25, -0.2) is 9.37 Å². The van der Waals surface area contributed by atoms with Crippen LogP contribution in [0.25, 0.3) is 11.0 Å². The minimum atomic E-state index is -0.482. The molecular formula is C13H17FN4O. The summed E-state index contributed by atoms with van der Waals surface area (Å²) in [6.45, 7) is 3.42. The predicted molar refractivity (Wildman–Crippen MR) is 72.2 cm³/mol. The second-order valence-electron chi connectivity index (χ2n) is 4.84. The maximum atomic E-state index is 13.5. The monoisotopic (exact) mass is 264 g/mol. The molecule has 5 nitrogen and oxygen atoms in total. The molecule has 1 aromatic heterocycles. The number of halogens is 1. The summed E-state index contributed by atoms with van der Waals surface area (Å²) < 4.78 is 15.1. The molecule has 0 saturated heterocycles. The third kappa shape index (κ3) is 2.14. The molecule has 1 atom stereocenters. The van der Waals surface area contributed by atoms with Crippen LogP contribution in [0.2, 0.25) is 0 Å². The van der Waals surface area contributed by atoms with E-state index in [0.717, 1.165) is 0 Å². The number of anilines is 1. The largest absolute Gasteiger partial charge is 0.369 e. The minimum Gasteiger partial charge on any atom is -0.369 e. The number of nitrogens with zero attached hydrogens (tertiary/aromatic N) is 3. The topological polar surface area (TPSA) is 64.1 Å². The number of imidazole rings is 1. The second kappa shape index (κ2) is 4.53. The molecule has 1 heterocycles. The highest BCUT2D eigenvalue weighted by Crippen LogP contribution is 2.25. The van der Waals surface area contributed by atoms with Crippen molar-refractivity contribution in [3.05, 3.63) is 23.5 Å². The number of aryl methyl sites for hydroxylation is 1. The summed E-state index contributed by atoms with van der Waals surface area (Å²) >= 11 is 0. The molecule has 6 heteroatoms. The smallest absolute Gasteiger partial charge is 0.244 e. The van der Waals surface area contributed by atoms with Crippen molar-refractivity contribution in [1.29, 1.82) is 0 Å². The van der Waals surface area contributed by atoms with Gasteiger partial charge in [0.05, 0.1) is 11.0 Å². The molecule has 0 bridgehead atoms. The van der Waals surface area contributed by atoms with E-state index in [1.807, 2.05) is 0 Å². The van der Waals surface area contributed by atoms with E-state index in [2.05, 4.69) is 4.98 Å². The van der Waals surface area contributed by atoms with Crippen molar-refractivity contribution in [1.82, 2.24) is 14.5 Å². The van der Waals surface area contributed by atoms with Gasteiger partial charge in [-0.1, -0.05) is 0 Å². The Morgan fingerprint density at radius 3 is 2.68 bits per heavy atom. The van der Waals surface area contributed by atoms with Crippen LogP contribution in [-0.4, -0.2) is 34.5 Å². The van der Waals surface area contributed by atoms with E-state index in [4.69, 9.17) is 5.73 Å². The quantitative estimate of drug-likeness (QED) is 0.898. The van der Waals surface area contributed by atoms with Crippen LogP contribution in [0.1, 0.15) is 18.5 Å². The van der Waals surface area contributed by atoms with Gasteiger partial charge in [0.2, 0.25) is 11.9 Å². The van der Waals surface area contributed by atoms with E-state index < -0.39 is 6.04 Å². The molecule has 1 amide bonds. The number of benzene rings is 1. The van der Waals surface area contributed by atoms with Gasteiger partial charge in [0.25, 0.3) is 0 Å². The molecule has 0 saturated carbocycles. The van der Waals surface area contributed by atoms with E-state index in [9.17, 15) is 9.18 Å². The molecule has 19 heavy (non-hydrogen) atoms. The Balaban J connectivity index is 2.63. The Bertz CT molecular complexity index is 648. The van der Waals surface area contributed by atoms with Crippen molar-refractivity contribution < 1.29 is 9.18 Å². The number of carbonyl (C=O) groups excluding carboxylic acids is 1. The fourth-order valence-corrected chi connectivity index (χ4v) is 2.13. The van der Waals surface area contributed by atoms with Crippen LogP contribution >= 0.6 is 0 Å². The van der Waals surface area contributed by atoms with Gasteiger partial charge in [-0.3, -0.25) is 9.36 Å². The third-order valence-corrected chi connectivity index (χ3v) is 3.18. The number of nitrogen functional groups attached to an aromatic ring is 1. The Morgan fingerprint density at radius 1 is 1.47 bits per heavy atom. The second-order valence-corrected chi connectivity index (χ2v) is 4.84. The van der Waals surface area contributed by atoms with Gasteiger partial charge in [-0.15, -0.1) is 0 Å². The lowest BCUT2D eigenvalue weighted by atomic mass is 10.2. The lowest BCUT2D eigenvalue weighted by Gasteiger charge is -2.19. The summed E-state index contributed by atoms with van der Waals surface area (Å²) in [7, 11) is 3.36. The number of hydrogen-bond donors (Lipinski definition) is 1. The number of hydrogen-bond acceptors (Lipinski definition) is 3. The number of amides is 1. The standard InChI is InChI=1S/C13H17FN4O/c1-7-5-11-10(6-9(7)14)16-13(15)18(11)8(2)12(19)17(3)4/h5-6,8H,1-4H3,(H2,15,16). The Labute approximate surface area is 110 Å². The van der Waals surface area contributed by atoms with E-state index in [-0.39, 0.29) is 17.7 Å². The molecule has 0 fully saturated rings. The lowest BCUT2D eigenvalue weighted by molar-refractivity contribution is -0.131. The lowest BCUT2D eigenvalue weighted by Crippen LogP contribution is -2.30. The van der Waals surface area contributed by atoms with Gasteiger partial charge in [-0.2, -0.15) is 0 Å². The summed E-state index contributed by atoms with van der Waals surface area (Å²) in [6, 6.07) is 2.52. The molecule has 102 valence electrons. The highest BCUT2D eigenvalue weighted by atomic mass is 19.1. The summed E-state index contributed by atoms with van der Waals surface area (Å²) in [5.41, 5.74) is 7.47. The van der Waals surface area contributed by atoms with E-state index >= 15 is 0 Å². The normalized spacial score (nSPS) is 12.7. The minimum absolute atomic E-state index is 0.0898. The number of carbonyl (C=O) groups is 1. The third-order valence-electron chi connectivity index (χ3n) is 3.18. The van der Waals surface area contributed by atoms with Gasteiger partial charge in [0, 0.05) is 20.2 Å². The van der Waals surface area contributed by atoms with E-state index in [1.165, 1.54) is 11.0 Å². The number of aromatic nitrogens is 2. The van der Waals surface area contributed by atoms with Crippen LogP contribution in [0.3, 0.4) is 0 Å². The zero-order valence-corrected chi connectivity index (χ0v) is 11.4. The van der Waals surface area contributed by atoms with Crippen LogP contribution in [0.4, 0.5) is 10.3 Å². The van der Waals surface area contributed by atoms with Crippen molar-refractivity contribution >= 4 is 22.9 Å². The van der Waals surface area contributed by atoms with Crippen molar-refractivity contribution in [2.75, 3.05) is 19.8 Å². The van der Waals surface area contributed by atoms with E-state index in [0.29, 0.717) is 16.6 Å². The molecule has 1 aromatic carbocycles. The molecule has 0 aliphatic carbocycles. The fraction of sp³-hybridized carbons (Fsp3) is 0.385. The van der Waals surface area contributed by atoms with Gasteiger partial charge < -0.3 is 10.6 Å². The van der Waals surface area contributed by atoms with Crippen molar-refractivity contribution in [3.63, 3.8) is 0 Å². The predicted octanol–water partition coefficient (Wildman–Crippen LogP) is 1.72. The molecule has 0 radical (unpaired) electrons. The number of fused-ring (bicyclic) bond motifs is 1. The summed E-state index contributed by atoms with van der Waals surface area (Å²) in [6.07, 6.45) is 0. The molecular weight excluding hydrogens is 247 g/mol. The molecule has 2 aromatic rings. The van der Waals surface area contributed by atoms with Crippen LogP contribution in [0, 0.1) is 12.7 Å². The Kier molecular flexibility index (Phi) is 3.18. The highest BCUT2D eigenvalue weighted by Gasteiger charge is 2.22. The zero-order valence-electron chi connectivity index (χ0n) is 11.4. The summed E-state index contributed by atoms with van der Waals surface area (Å²) in [5, 5.41) is 0. The van der Waals surface area contributed by atoms with Crippen LogP contribution in [-0.2, 0) is 4.79 Å². The number of likely N-dealkylation sites (N-methyl/N-ethyl adjacent to an activating group) is 1. The van der Waals surface area contributed by atoms with E-state index in [1.54, 1.807) is 38.6 Å². The molecule has 1 unspecified atom stereocenters. The van der Waals surface area contributed by atoms with Crippen molar-refractivity contribution in [2.45, 2.75) is 19.9 Å². The summed E-state index contributed by atoms with van der Waals surface area (Å²) in [4.78, 5) is 17.6. The average Bonchev–Trinajstić information content (AvgIpc) is 2.63. The fourth-order valence-electron chi connectivity index (χ4n) is 2.13. The molecule has 0 aliphatic heterocycles. The first-order chi connectivity index (χ1) is 8.82. The Hall–Kier alpha value is -2.11. The van der Waals surface area contributed by atoms with Gasteiger partial charge in [0.15, 0.2) is 0 Å². The number of nitrogens with two attached hydrogens (primary N) is 1. The first kappa shape index (κ1) is 13.3. The van der Waals surface area contributed by atoms with Gasteiger partial charge >= 0.3 is 0 Å². The maximum absolute atomic E-state index is 13.5. The number of rotatable bonds is 2. The van der Waals surface area contributed by atoms with Crippen LogP contribution < -0.4 is 5.73 Å². The van der Waals surface area contributed by atoms with Gasteiger partial charge in [-0.05, 0) is 25.5 Å².